The van der Waals surface area contributed by atoms with Gasteiger partial charge in [-0.2, -0.15) is 0 Å². The highest BCUT2D eigenvalue weighted by Crippen LogP contribution is 2.20. The van der Waals surface area contributed by atoms with E-state index in [-0.39, 0.29) is 10.6 Å². The van der Waals surface area contributed by atoms with Gasteiger partial charge in [0, 0.05) is 36.6 Å². The number of hydrogen-bond acceptors (Lipinski definition) is 3. The van der Waals surface area contributed by atoms with E-state index in [1.807, 2.05) is 25.4 Å². The van der Waals surface area contributed by atoms with Crippen LogP contribution < -0.4 is 5.32 Å². The van der Waals surface area contributed by atoms with E-state index in [1.54, 1.807) is 12.1 Å². The summed E-state index contributed by atoms with van der Waals surface area (Å²) in [5.41, 5.74) is 2.23. The molecule has 112 valence electrons. The molecule has 0 spiro atoms. The Hall–Kier alpha value is -2.14. The summed E-state index contributed by atoms with van der Waals surface area (Å²) < 4.78 is 2.09. The average Bonchev–Trinajstić information content (AvgIpc) is 2.95. The van der Waals surface area contributed by atoms with Crippen LogP contribution in [0.4, 0.5) is 5.69 Å². The van der Waals surface area contributed by atoms with Crippen LogP contribution in [0.25, 0.3) is 0 Å². The topological polar surface area (TPSA) is 60.1 Å². The summed E-state index contributed by atoms with van der Waals surface area (Å²) in [5.74, 6) is 0. The number of nitro benzene ring substituents is 1. The van der Waals surface area contributed by atoms with Gasteiger partial charge in [-0.25, -0.2) is 0 Å². The van der Waals surface area contributed by atoms with Gasteiger partial charge in [-0.05, 0) is 31.5 Å². The largest absolute Gasteiger partial charge is 0.354 e. The monoisotopic (exact) mass is 287 g/mol. The van der Waals surface area contributed by atoms with E-state index in [0.29, 0.717) is 12.5 Å². The summed E-state index contributed by atoms with van der Waals surface area (Å²) in [6.45, 7) is 2.89. The molecule has 0 aliphatic heterocycles. The standard InChI is InChI=1S/C16H21N3O2/c1-3-15(17-2)14-9-11-18(12-14)10-8-13-6-4-5-7-16(13)19(20)21/h4-7,9,11-12,15,17H,3,8,10H2,1-2H3. The SMILES string of the molecule is CCC(NC)c1ccn(CCc2ccccc2[N+](=O)[O-])c1. The molecule has 0 amide bonds. The second-order valence-electron chi connectivity index (χ2n) is 5.07. The molecule has 21 heavy (non-hydrogen) atoms. The lowest BCUT2D eigenvalue weighted by Crippen LogP contribution is -2.14. The van der Waals surface area contributed by atoms with Crippen LogP contribution in [-0.4, -0.2) is 16.5 Å². The first kappa shape index (κ1) is 15.3. The number of hydrogen-bond donors (Lipinski definition) is 1. The van der Waals surface area contributed by atoms with Crippen molar-refractivity contribution in [3.05, 3.63) is 64.0 Å². The van der Waals surface area contributed by atoms with Crippen molar-refractivity contribution in [1.82, 2.24) is 9.88 Å². The van der Waals surface area contributed by atoms with E-state index in [0.717, 1.165) is 18.5 Å². The molecule has 0 aliphatic rings. The lowest BCUT2D eigenvalue weighted by atomic mass is 10.1. The Balaban J connectivity index is 2.05. The fraction of sp³-hybridized carbons (Fsp3) is 0.375. The molecule has 1 aromatic carbocycles. The second-order valence-corrected chi connectivity index (χ2v) is 5.07. The van der Waals surface area contributed by atoms with E-state index >= 15 is 0 Å². The predicted octanol–water partition coefficient (Wildman–Crippen LogP) is 3.31. The molecule has 0 saturated heterocycles. The lowest BCUT2D eigenvalue weighted by Gasteiger charge is -2.11. The lowest BCUT2D eigenvalue weighted by molar-refractivity contribution is -0.385. The molecule has 1 N–H and O–H groups in total. The van der Waals surface area contributed by atoms with Gasteiger partial charge >= 0.3 is 0 Å². The molecule has 0 saturated carbocycles. The van der Waals surface area contributed by atoms with E-state index < -0.39 is 0 Å². The normalized spacial score (nSPS) is 12.3. The molecule has 1 aromatic heterocycles. The molecule has 1 atom stereocenters. The van der Waals surface area contributed by atoms with Crippen molar-refractivity contribution in [1.29, 1.82) is 0 Å². The molecular formula is C16H21N3O2. The summed E-state index contributed by atoms with van der Waals surface area (Å²) in [7, 11) is 1.96. The van der Waals surface area contributed by atoms with Crippen molar-refractivity contribution in [2.45, 2.75) is 32.4 Å². The summed E-state index contributed by atoms with van der Waals surface area (Å²) in [6, 6.07) is 9.39. The molecule has 0 radical (unpaired) electrons. The van der Waals surface area contributed by atoms with Crippen molar-refractivity contribution in [3.63, 3.8) is 0 Å². The maximum absolute atomic E-state index is 11.0. The minimum absolute atomic E-state index is 0.200. The Bertz CT molecular complexity index is 603. The molecular weight excluding hydrogens is 266 g/mol. The second kappa shape index (κ2) is 7.04. The zero-order chi connectivity index (χ0) is 15.2. The van der Waals surface area contributed by atoms with Crippen molar-refractivity contribution < 1.29 is 4.92 Å². The number of para-hydroxylation sites is 1. The van der Waals surface area contributed by atoms with Crippen LogP contribution in [0.5, 0.6) is 0 Å². The third kappa shape index (κ3) is 3.70. The Labute approximate surface area is 124 Å². The van der Waals surface area contributed by atoms with Crippen LogP contribution in [-0.2, 0) is 13.0 Å². The molecule has 2 rings (SSSR count). The van der Waals surface area contributed by atoms with Gasteiger partial charge in [0.25, 0.3) is 5.69 Å². The van der Waals surface area contributed by atoms with Crippen LogP contribution in [0, 0.1) is 10.1 Å². The zero-order valence-corrected chi connectivity index (χ0v) is 12.5. The van der Waals surface area contributed by atoms with Gasteiger partial charge in [0.2, 0.25) is 0 Å². The maximum atomic E-state index is 11.0. The number of rotatable bonds is 7. The molecule has 1 unspecified atom stereocenters. The fourth-order valence-electron chi connectivity index (χ4n) is 2.56. The minimum atomic E-state index is -0.315. The van der Waals surface area contributed by atoms with Crippen molar-refractivity contribution in [2.75, 3.05) is 7.05 Å². The first-order valence-corrected chi connectivity index (χ1v) is 7.21. The first-order valence-electron chi connectivity index (χ1n) is 7.21. The summed E-state index contributed by atoms with van der Waals surface area (Å²) >= 11 is 0. The van der Waals surface area contributed by atoms with E-state index in [4.69, 9.17) is 0 Å². The highest BCUT2D eigenvalue weighted by atomic mass is 16.6. The molecule has 5 heteroatoms. The summed E-state index contributed by atoms with van der Waals surface area (Å²) in [4.78, 5) is 10.7. The van der Waals surface area contributed by atoms with Crippen LogP contribution >= 0.6 is 0 Å². The van der Waals surface area contributed by atoms with Crippen LogP contribution in [0.15, 0.2) is 42.7 Å². The number of benzene rings is 1. The quantitative estimate of drug-likeness (QED) is 0.628. The molecule has 0 fully saturated rings. The van der Waals surface area contributed by atoms with E-state index in [9.17, 15) is 10.1 Å². The Morgan fingerprint density at radius 1 is 1.33 bits per heavy atom. The van der Waals surface area contributed by atoms with Gasteiger partial charge in [-0.15, -0.1) is 0 Å². The fourth-order valence-corrected chi connectivity index (χ4v) is 2.56. The van der Waals surface area contributed by atoms with Gasteiger partial charge in [-0.1, -0.05) is 25.1 Å². The maximum Gasteiger partial charge on any atom is 0.272 e. The van der Waals surface area contributed by atoms with Gasteiger partial charge in [0.05, 0.1) is 4.92 Å². The average molecular weight is 287 g/mol. The predicted molar refractivity (Wildman–Crippen MR) is 83.3 cm³/mol. The zero-order valence-electron chi connectivity index (χ0n) is 12.5. The Morgan fingerprint density at radius 2 is 2.10 bits per heavy atom. The number of nitrogens with one attached hydrogen (secondary N) is 1. The third-order valence-electron chi connectivity index (χ3n) is 3.76. The van der Waals surface area contributed by atoms with Crippen molar-refractivity contribution in [2.24, 2.45) is 0 Å². The van der Waals surface area contributed by atoms with Crippen LogP contribution in [0.3, 0.4) is 0 Å². The van der Waals surface area contributed by atoms with E-state index in [1.165, 1.54) is 5.56 Å². The third-order valence-corrected chi connectivity index (χ3v) is 3.76. The summed E-state index contributed by atoms with van der Waals surface area (Å²) in [5, 5.41) is 14.3. The molecule has 2 aromatic rings. The van der Waals surface area contributed by atoms with Crippen LogP contribution in [0.2, 0.25) is 0 Å². The number of nitrogens with zero attached hydrogens (tertiary/aromatic N) is 2. The number of nitro groups is 1. The number of aromatic nitrogens is 1. The van der Waals surface area contributed by atoms with Gasteiger partial charge in [0.1, 0.15) is 0 Å². The van der Waals surface area contributed by atoms with Crippen LogP contribution in [0.1, 0.15) is 30.5 Å². The number of aryl methyl sites for hydroxylation is 2. The smallest absolute Gasteiger partial charge is 0.272 e. The first-order chi connectivity index (χ1) is 10.2. The van der Waals surface area contributed by atoms with Crippen molar-refractivity contribution >= 4 is 5.69 Å². The Morgan fingerprint density at radius 3 is 2.76 bits per heavy atom. The van der Waals surface area contributed by atoms with Gasteiger partial charge in [-0.3, -0.25) is 10.1 Å². The van der Waals surface area contributed by atoms with Crippen molar-refractivity contribution in [3.8, 4) is 0 Å². The minimum Gasteiger partial charge on any atom is -0.354 e. The molecule has 1 heterocycles. The highest BCUT2D eigenvalue weighted by molar-refractivity contribution is 5.39. The highest BCUT2D eigenvalue weighted by Gasteiger charge is 2.12. The summed E-state index contributed by atoms with van der Waals surface area (Å²) in [6.07, 6.45) is 5.83. The molecule has 0 bridgehead atoms. The molecule has 5 nitrogen and oxygen atoms in total. The molecule has 0 aliphatic carbocycles. The van der Waals surface area contributed by atoms with Gasteiger partial charge < -0.3 is 9.88 Å². The van der Waals surface area contributed by atoms with E-state index in [2.05, 4.69) is 29.1 Å². The Kier molecular flexibility index (Phi) is 5.11. The van der Waals surface area contributed by atoms with Gasteiger partial charge in [0.15, 0.2) is 0 Å².